The Bertz CT molecular complexity index is 282. The highest BCUT2D eigenvalue weighted by atomic mass is 19.4. The van der Waals surface area contributed by atoms with Crippen LogP contribution in [0.4, 0.5) is 13.2 Å². The Morgan fingerprint density at radius 1 is 1.47 bits per heavy atom. The van der Waals surface area contributed by atoms with Crippen molar-refractivity contribution in [1.82, 2.24) is 4.90 Å². The first-order valence-electron chi connectivity index (χ1n) is 5.45. The lowest BCUT2D eigenvalue weighted by Crippen LogP contribution is -2.40. The van der Waals surface area contributed by atoms with E-state index in [9.17, 15) is 18.0 Å². The van der Waals surface area contributed by atoms with Crippen LogP contribution in [0.1, 0.15) is 13.3 Å². The summed E-state index contributed by atoms with van der Waals surface area (Å²) in [4.78, 5) is 12.2. The van der Waals surface area contributed by atoms with Crippen molar-refractivity contribution in [2.75, 3.05) is 19.7 Å². The van der Waals surface area contributed by atoms with E-state index in [2.05, 4.69) is 0 Å². The van der Waals surface area contributed by atoms with Crippen molar-refractivity contribution in [3.8, 4) is 0 Å². The fourth-order valence-electron chi connectivity index (χ4n) is 2.30. The van der Waals surface area contributed by atoms with Crippen molar-refractivity contribution in [3.63, 3.8) is 0 Å². The number of aliphatic hydroxyl groups excluding tert-OH is 1. The number of carbonyl (C=O) groups is 1. The molecule has 7 heteroatoms. The van der Waals surface area contributed by atoms with E-state index in [-0.39, 0.29) is 19.5 Å². The van der Waals surface area contributed by atoms with Crippen LogP contribution in [-0.2, 0) is 4.79 Å². The van der Waals surface area contributed by atoms with Crippen molar-refractivity contribution in [2.24, 2.45) is 11.8 Å². The highest BCUT2D eigenvalue weighted by molar-refractivity contribution is 5.73. The Morgan fingerprint density at radius 2 is 2.06 bits per heavy atom. The summed E-state index contributed by atoms with van der Waals surface area (Å²) in [5, 5.41) is 17.8. The topological polar surface area (TPSA) is 60.8 Å². The third-order valence-electron chi connectivity index (χ3n) is 3.24. The van der Waals surface area contributed by atoms with Gasteiger partial charge in [0, 0.05) is 25.6 Å². The van der Waals surface area contributed by atoms with E-state index in [0.717, 1.165) is 0 Å². The molecule has 0 aliphatic carbocycles. The van der Waals surface area contributed by atoms with Gasteiger partial charge in [-0.1, -0.05) is 6.92 Å². The molecule has 3 atom stereocenters. The van der Waals surface area contributed by atoms with Gasteiger partial charge in [-0.15, -0.1) is 0 Å². The number of rotatable bonds is 4. The molecule has 0 radical (unpaired) electrons. The fraction of sp³-hybridized carbons (Fsp3) is 0.900. The molecule has 0 bridgehead atoms. The van der Waals surface area contributed by atoms with Gasteiger partial charge in [0.25, 0.3) is 0 Å². The normalized spacial score (nSPS) is 28.3. The lowest BCUT2D eigenvalue weighted by molar-refractivity contribution is -0.183. The second-order valence-corrected chi connectivity index (χ2v) is 4.31. The van der Waals surface area contributed by atoms with Crippen LogP contribution in [0.25, 0.3) is 0 Å². The molecule has 4 nitrogen and oxygen atoms in total. The molecule has 0 spiro atoms. The number of hydrogen-bond donors (Lipinski definition) is 2. The molecule has 0 aromatic heterocycles. The first-order chi connectivity index (χ1) is 7.81. The average molecular weight is 255 g/mol. The smallest absolute Gasteiger partial charge is 0.393 e. The maximum Gasteiger partial charge on any atom is 0.393 e. The quantitative estimate of drug-likeness (QED) is 0.785. The van der Waals surface area contributed by atoms with E-state index < -0.39 is 36.6 Å². The third-order valence-corrected chi connectivity index (χ3v) is 3.24. The van der Waals surface area contributed by atoms with Gasteiger partial charge in [0.1, 0.15) is 6.04 Å². The van der Waals surface area contributed by atoms with Crippen molar-refractivity contribution >= 4 is 5.97 Å². The van der Waals surface area contributed by atoms with Crippen molar-refractivity contribution < 1.29 is 28.2 Å². The maximum atomic E-state index is 12.7. The molecule has 0 unspecified atom stereocenters. The van der Waals surface area contributed by atoms with Crippen LogP contribution >= 0.6 is 0 Å². The Hall–Kier alpha value is -0.820. The van der Waals surface area contributed by atoms with Crippen molar-refractivity contribution in [2.45, 2.75) is 25.6 Å². The Labute approximate surface area is 97.0 Å². The molecule has 0 aromatic carbocycles. The van der Waals surface area contributed by atoms with E-state index in [1.54, 1.807) is 6.92 Å². The fourth-order valence-corrected chi connectivity index (χ4v) is 2.30. The lowest BCUT2D eigenvalue weighted by Gasteiger charge is -2.23. The van der Waals surface area contributed by atoms with Crippen LogP contribution in [0.15, 0.2) is 0 Å². The number of halogens is 3. The summed E-state index contributed by atoms with van der Waals surface area (Å²) in [6.07, 6.45) is -4.14. The number of carboxylic acids is 1. The summed E-state index contributed by atoms with van der Waals surface area (Å²) < 4.78 is 38.0. The zero-order valence-electron chi connectivity index (χ0n) is 9.44. The molecule has 0 amide bonds. The van der Waals surface area contributed by atoms with Crippen LogP contribution in [0.5, 0.6) is 0 Å². The number of likely N-dealkylation sites (tertiary alicyclic amines) is 1. The minimum Gasteiger partial charge on any atom is -0.480 e. The first-order valence-corrected chi connectivity index (χ1v) is 5.45. The monoisotopic (exact) mass is 255 g/mol. The van der Waals surface area contributed by atoms with Crippen molar-refractivity contribution in [3.05, 3.63) is 0 Å². The Balaban J connectivity index is 2.79. The molecular formula is C10H16F3NO3. The van der Waals surface area contributed by atoms with Gasteiger partial charge in [-0.05, 0) is 6.42 Å². The Kier molecular flexibility index (Phi) is 4.37. The van der Waals surface area contributed by atoms with Gasteiger partial charge in [-0.2, -0.15) is 13.2 Å². The van der Waals surface area contributed by atoms with Gasteiger partial charge in [0.15, 0.2) is 0 Å². The summed E-state index contributed by atoms with van der Waals surface area (Å²) >= 11 is 0. The minimum atomic E-state index is -4.39. The van der Waals surface area contributed by atoms with Gasteiger partial charge in [0.05, 0.1) is 5.92 Å². The zero-order chi connectivity index (χ0) is 13.2. The lowest BCUT2D eigenvalue weighted by atomic mass is 9.97. The maximum absolute atomic E-state index is 12.7. The first kappa shape index (κ1) is 14.2. The van der Waals surface area contributed by atoms with E-state index >= 15 is 0 Å². The summed E-state index contributed by atoms with van der Waals surface area (Å²) in [5.41, 5.74) is 0. The van der Waals surface area contributed by atoms with Gasteiger partial charge in [-0.3, -0.25) is 9.69 Å². The van der Waals surface area contributed by atoms with E-state index in [1.165, 1.54) is 4.90 Å². The predicted molar refractivity (Wildman–Crippen MR) is 53.4 cm³/mol. The van der Waals surface area contributed by atoms with Gasteiger partial charge in [0.2, 0.25) is 0 Å². The molecule has 17 heavy (non-hydrogen) atoms. The largest absolute Gasteiger partial charge is 0.480 e. The standard InChI is InChI=1S/C10H16F3NO3/c1-2-8(9(16)17)14-3-6(5-15)7(4-14)10(11,12)13/h6-8,15H,2-5H2,1H3,(H,16,17)/t6-,7-,8+/m0/s1. The molecule has 1 fully saturated rings. The second kappa shape index (κ2) is 5.22. The molecule has 0 aromatic rings. The van der Waals surface area contributed by atoms with Gasteiger partial charge < -0.3 is 10.2 Å². The number of alkyl halides is 3. The molecular weight excluding hydrogens is 239 g/mol. The predicted octanol–water partition coefficient (Wildman–Crippen LogP) is 0.952. The minimum absolute atomic E-state index is 0.0223. The third kappa shape index (κ3) is 3.10. The molecule has 100 valence electrons. The summed E-state index contributed by atoms with van der Waals surface area (Å²) in [6.45, 7) is 0.676. The van der Waals surface area contributed by atoms with E-state index in [0.29, 0.717) is 0 Å². The molecule has 0 saturated carbocycles. The average Bonchev–Trinajstić information content (AvgIpc) is 2.61. The van der Waals surface area contributed by atoms with Gasteiger partial charge in [-0.25, -0.2) is 0 Å². The van der Waals surface area contributed by atoms with Gasteiger partial charge >= 0.3 is 12.1 Å². The summed E-state index contributed by atoms with van der Waals surface area (Å²) in [7, 11) is 0. The SMILES string of the molecule is CC[C@H](C(=O)O)N1C[C@@H](CO)[C@@H](C(F)(F)F)C1. The molecule has 1 saturated heterocycles. The molecule has 1 aliphatic rings. The highest BCUT2D eigenvalue weighted by Crippen LogP contribution is 2.38. The number of nitrogens with zero attached hydrogens (tertiary/aromatic N) is 1. The van der Waals surface area contributed by atoms with Crippen LogP contribution in [0.2, 0.25) is 0 Å². The van der Waals surface area contributed by atoms with Crippen LogP contribution in [0, 0.1) is 11.8 Å². The number of carboxylic acid groups (broad SMARTS) is 1. The zero-order valence-corrected chi connectivity index (χ0v) is 9.44. The number of aliphatic hydroxyl groups is 1. The highest BCUT2D eigenvalue weighted by Gasteiger charge is 2.50. The van der Waals surface area contributed by atoms with Crippen LogP contribution < -0.4 is 0 Å². The van der Waals surface area contributed by atoms with Crippen molar-refractivity contribution in [1.29, 1.82) is 0 Å². The van der Waals surface area contributed by atoms with Crippen LogP contribution in [0.3, 0.4) is 0 Å². The molecule has 1 heterocycles. The van der Waals surface area contributed by atoms with E-state index in [4.69, 9.17) is 10.2 Å². The number of hydrogen-bond acceptors (Lipinski definition) is 3. The Morgan fingerprint density at radius 3 is 2.35 bits per heavy atom. The summed E-state index contributed by atoms with van der Waals surface area (Å²) in [6, 6.07) is -0.906. The summed E-state index contributed by atoms with van der Waals surface area (Å²) in [5.74, 6) is -3.68. The molecule has 2 N–H and O–H groups in total. The van der Waals surface area contributed by atoms with E-state index in [1.807, 2.05) is 0 Å². The molecule has 1 aliphatic heterocycles. The van der Waals surface area contributed by atoms with Crippen LogP contribution in [-0.4, -0.2) is 53.0 Å². The number of aliphatic carboxylic acids is 1. The molecule has 1 rings (SSSR count). The second-order valence-electron chi connectivity index (χ2n) is 4.31.